The van der Waals surface area contributed by atoms with Crippen LogP contribution in [0.1, 0.15) is 90.9 Å². The Hall–Kier alpha value is -0.610. The molecule has 3 N–H and O–H groups in total. The molecular formula is C24H43N3O. The minimum absolute atomic E-state index is 0.0308. The van der Waals surface area contributed by atoms with Crippen LogP contribution in [0.15, 0.2) is 0 Å². The van der Waals surface area contributed by atoms with Gasteiger partial charge in [-0.05, 0) is 68.7 Å². The first kappa shape index (κ1) is 20.7. The first-order valence-corrected chi connectivity index (χ1v) is 12.4. The van der Waals surface area contributed by atoms with Crippen LogP contribution in [0.4, 0.5) is 0 Å². The smallest absolute Gasteiger partial charge is 0.237 e. The van der Waals surface area contributed by atoms with Crippen LogP contribution in [0.25, 0.3) is 0 Å². The Labute approximate surface area is 172 Å². The van der Waals surface area contributed by atoms with Crippen LogP contribution in [0.5, 0.6) is 0 Å². The second kappa shape index (κ2) is 9.47. The maximum atomic E-state index is 13.3. The van der Waals surface area contributed by atoms with Gasteiger partial charge in [-0.2, -0.15) is 0 Å². The molecule has 2 heterocycles. The summed E-state index contributed by atoms with van der Waals surface area (Å²) in [6, 6.07) is 1.34. The van der Waals surface area contributed by atoms with Gasteiger partial charge in [-0.15, -0.1) is 0 Å². The Kier molecular flexibility index (Phi) is 6.98. The molecule has 2 saturated heterocycles. The molecule has 4 nitrogen and oxygen atoms in total. The number of rotatable bonds is 5. The van der Waals surface area contributed by atoms with Crippen LogP contribution < -0.4 is 16.0 Å². The molecule has 28 heavy (non-hydrogen) atoms. The predicted octanol–water partition coefficient (Wildman–Crippen LogP) is 4.00. The summed E-state index contributed by atoms with van der Waals surface area (Å²) < 4.78 is 0. The summed E-state index contributed by atoms with van der Waals surface area (Å²) in [5.41, 5.74) is 0. The topological polar surface area (TPSA) is 53.2 Å². The van der Waals surface area contributed by atoms with E-state index in [4.69, 9.17) is 0 Å². The van der Waals surface area contributed by atoms with E-state index >= 15 is 0 Å². The molecule has 7 atom stereocenters. The fourth-order valence-electron chi connectivity index (χ4n) is 6.85. The fourth-order valence-corrected chi connectivity index (χ4v) is 6.85. The van der Waals surface area contributed by atoms with Gasteiger partial charge in [0.2, 0.25) is 5.91 Å². The lowest BCUT2D eigenvalue weighted by Crippen LogP contribution is -2.58. The third kappa shape index (κ3) is 4.75. The van der Waals surface area contributed by atoms with E-state index in [0.717, 1.165) is 24.8 Å². The average Bonchev–Trinajstić information content (AvgIpc) is 3.15. The summed E-state index contributed by atoms with van der Waals surface area (Å²) in [6.45, 7) is 5.85. The lowest BCUT2D eigenvalue weighted by molar-refractivity contribution is -0.124. The minimum atomic E-state index is 0.0308. The zero-order valence-electron chi connectivity index (χ0n) is 18.2. The van der Waals surface area contributed by atoms with Crippen molar-refractivity contribution in [3.8, 4) is 0 Å². The fraction of sp³-hybridized carbons (Fsp3) is 0.958. The van der Waals surface area contributed by atoms with E-state index in [1.54, 1.807) is 0 Å². The van der Waals surface area contributed by atoms with Crippen molar-refractivity contribution in [3.05, 3.63) is 0 Å². The standard InChI is InChI=1S/C24H43N3O/c1-16-8-6-12-19-15-21(26-22(16)19)24(28)27-20(14-18-10-4-3-5-11-18)23-17(2)9-7-13-25-23/h16-23,25-26H,3-15H2,1-2H3,(H,27,28). The Morgan fingerprint density at radius 2 is 1.75 bits per heavy atom. The van der Waals surface area contributed by atoms with Crippen molar-refractivity contribution in [1.82, 2.24) is 16.0 Å². The lowest BCUT2D eigenvalue weighted by atomic mass is 9.78. The van der Waals surface area contributed by atoms with Crippen molar-refractivity contribution >= 4 is 5.91 Å². The third-order valence-electron chi connectivity index (χ3n) is 8.51. The summed E-state index contributed by atoms with van der Waals surface area (Å²) in [5, 5.41) is 11.1. The zero-order valence-corrected chi connectivity index (χ0v) is 18.2. The van der Waals surface area contributed by atoms with Crippen LogP contribution in [-0.2, 0) is 4.79 Å². The third-order valence-corrected chi connectivity index (χ3v) is 8.51. The summed E-state index contributed by atoms with van der Waals surface area (Å²) in [4.78, 5) is 13.3. The van der Waals surface area contributed by atoms with Gasteiger partial charge >= 0.3 is 0 Å². The molecule has 0 bridgehead atoms. The molecule has 0 aromatic rings. The molecule has 2 saturated carbocycles. The van der Waals surface area contributed by atoms with Gasteiger partial charge in [-0.3, -0.25) is 4.79 Å². The highest BCUT2D eigenvalue weighted by Crippen LogP contribution is 2.37. The van der Waals surface area contributed by atoms with Crippen LogP contribution in [-0.4, -0.2) is 36.6 Å². The Morgan fingerprint density at radius 1 is 0.964 bits per heavy atom. The Bertz CT molecular complexity index is 518. The zero-order chi connectivity index (χ0) is 19.5. The van der Waals surface area contributed by atoms with Crippen LogP contribution in [0.2, 0.25) is 0 Å². The monoisotopic (exact) mass is 389 g/mol. The van der Waals surface area contributed by atoms with E-state index in [1.165, 1.54) is 70.6 Å². The highest BCUT2D eigenvalue weighted by Gasteiger charge is 2.42. The summed E-state index contributed by atoms with van der Waals surface area (Å²) in [7, 11) is 0. The first-order valence-electron chi connectivity index (χ1n) is 12.4. The van der Waals surface area contributed by atoms with Gasteiger partial charge < -0.3 is 16.0 Å². The van der Waals surface area contributed by atoms with Gasteiger partial charge in [0.15, 0.2) is 0 Å². The van der Waals surface area contributed by atoms with E-state index in [1.807, 2.05) is 0 Å². The molecule has 0 spiro atoms. The molecule has 160 valence electrons. The molecule has 1 amide bonds. The van der Waals surface area contributed by atoms with Gasteiger partial charge in [0.05, 0.1) is 6.04 Å². The highest BCUT2D eigenvalue weighted by atomic mass is 16.2. The van der Waals surface area contributed by atoms with E-state index in [2.05, 4.69) is 29.8 Å². The van der Waals surface area contributed by atoms with E-state index < -0.39 is 0 Å². The molecule has 2 aliphatic heterocycles. The number of fused-ring (bicyclic) bond motifs is 1. The van der Waals surface area contributed by atoms with Gasteiger partial charge in [0.25, 0.3) is 0 Å². The summed E-state index contributed by atoms with van der Waals surface area (Å²) >= 11 is 0. The molecular weight excluding hydrogens is 346 g/mol. The summed E-state index contributed by atoms with van der Waals surface area (Å²) in [6.07, 6.45) is 15.6. The molecule has 4 heteroatoms. The van der Waals surface area contributed by atoms with Crippen molar-refractivity contribution in [2.45, 2.75) is 115 Å². The largest absolute Gasteiger partial charge is 0.350 e. The van der Waals surface area contributed by atoms with Crippen molar-refractivity contribution in [3.63, 3.8) is 0 Å². The number of hydrogen-bond acceptors (Lipinski definition) is 3. The summed E-state index contributed by atoms with van der Waals surface area (Å²) in [5.74, 6) is 3.16. The number of hydrogen-bond donors (Lipinski definition) is 3. The molecule has 4 aliphatic rings. The normalized spacial score (nSPS) is 40.6. The molecule has 0 aromatic carbocycles. The van der Waals surface area contributed by atoms with Crippen LogP contribution >= 0.6 is 0 Å². The maximum Gasteiger partial charge on any atom is 0.237 e. The van der Waals surface area contributed by atoms with Crippen molar-refractivity contribution in [2.75, 3.05) is 6.54 Å². The van der Waals surface area contributed by atoms with Gasteiger partial charge in [-0.25, -0.2) is 0 Å². The lowest BCUT2D eigenvalue weighted by Gasteiger charge is -2.39. The number of carbonyl (C=O) groups excluding carboxylic acids is 1. The van der Waals surface area contributed by atoms with Gasteiger partial charge in [0.1, 0.15) is 0 Å². The first-order chi connectivity index (χ1) is 13.6. The molecule has 4 fully saturated rings. The highest BCUT2D eigenvalue weighted by molar-refractivity contribution is 5.82. The van der Waals surface area contributed by atoms with Crippen molar-refractivity contribution in [1.29, 1.82) is 0 Å². The molecule has 0 radical (unpaired) electrons. The minimum Gasteiger partial charge on any atom is -0.350 e. The molecule has 4 rings (SSSR count). The SMILES string of the molecule is CC1CCCC2CC(C(=O)NC(CC3CCCCC3)C3NCCCC3C)NC12. The van der Waals surface area contributed by atoms with E-state index in [-0.39, 0.29) is 11.9 Å². The Balaban J connectivity index is 1.40. The van der Waals surface area contributed by atoms with Gasteiger partial charge in [0, 0.05) is 18.1 Å². The predicted molar refractivity (Wildman–Crippen MR) is 115 cm³/mol. The van der Waals surface area contributed by atoms with Crippen molar-refractivity contribution < 1.29 is 4.79 Å². The maximum absolute atomic E-state index is 13.3. The van der Waals surface area contributed by atoms with Gasteiger partial charge in [-0.1, -0.05) is 52.4 Å². The number of amides is 1. The molecule has 2 aliphatic carbocycles. The van der Waals surface area contributed by atoms with Crippen LogP contribution in [0, 0.1) is 23.7 Å². The quantitative estimate of drug-likeness (QED) is 0.666. The number of nitrogens with one attached hydrogen (secondary N) is 3. The second-order valence-electron chi connectivity index (χ2n) is 10.6. The van der Waals surface area contributed by atoms with Crippen LogP contribution in [0.3, 0.4) is 0 Å². The second-order valence-corrected chi connectivity index (χ2v) is 10.6. The molecule has 0 aromatic heterocycles. The number of carbonyl (C=O) groups is 1. The average molecular weight is 390 g/mol. The van der Waals surface area contributed by atoms with E-state index in [9.17, 15) is 4.79 Å². The van der Waals surface area contributed by atoms with E-state index in [0.29, 0.717) is 30.0 Å². The number of piperidine rings is 1. The van der Waals surface area contributed by atoms with Crippen molar-refractivity contribution in [2.24, 2.45) is 23.7 Å². The Morgan fingerprint density at radius 3 is 2.50 bits per heavy atom. The molecule has 7 unspecified atom stereocenters.